The van der Waals surface area contributed by atoms with Crippen LogP contribution in [0.15, 0.2) is 53.0 Å². The summed E-state index contributed by atoms with van der Waals surface area (Å²) >= 11 is 3.42. The van der Waals surface area contributed by atoms with Crippen LogP contribution in [0.4, 0.5) is 5.69 Å². The van der Waals surface area contributed by atoms with Crippen LogP contribution in [0.1, 0.15) is 5.56 Å². The van der Waals surface area contributed by atoms with Crippen LogP contribution in [-0.2, 0) is 0 Å². The third-order valence-electron chi connectivity index (χ3n) is 2.51. The molecule has 19 heavy (non-hydrogen) atoms. The Bertz CT molecular complexity index is 575. The van der Waals surface area contributed by atoms with E-state index in [-0.39, 0.29) is 0 Å². The van der Waals surface area contributed by atoms with Gasteiger partial charge < -0.3 is 10.1 Å². The van der Waals surface area contributed by atoms with Crippen LogP contribution in [0, 0.1) is 11.3 Å². The Labute approximate surface area is 121 Å². The van der Waals surface area contributed by atoms with E-state index in [9.17, 15) is 0 Å². The highest BCUT2D eigenvalue weighted by Gasteiger charge is 1.96. The van der Waals surface area contributed by atoms with Gasteiger partial charge in [0.05, 0.1) is 11.6 Å². The molecule has 0 bridgehead atoms. The summed E-state index contributed by atoms with van der Waals surface area (Å²) in [7, 11) is 0. The molecule has 0 fully saturated rings. The van der Waals surface area contributed by atoms with Gasteiger partial charge in [-0.2, -0.15) is 5.26 Å². The number of hydrogen-bond donors (Lipinski definition) is 1. The smallest absolute Gasteiger partial charge is 0.119 e. The lowest BCUT2D eigenvalue weighted by Crippen LogP contribution is -2.11. The first-order valence-corrected chi connectivity index (χ1v) is 6.69. The minimum absolute atomic E-state index is 0.568. The van der Waals surface area contributed by atoms with Gasteiger partial charge in [-0.05, 0) is 42.5 Å². The predicted octanol–water partition coefficient (Wildman–Crippen LogP) is 3.81. The number of hydrogen-bond acceptors (Lipinski definition) is 3. The van der Waals surface area contributed by atoms with Crippen molar-refractivity contribution in [2.45, 2.75) is 0 Å². The zero-order chi connectivity index (χ0) is 13.5. The summed E-state index contributed by atoms with van der Waals surface area (Å²) in [5, 5.41) is 12.0. The molecule has 2 aromatic rings. The van der Waals surface area contributed by atoms with Gasteiger partial charge in [0, 0.05) is 16.7 Å². The first-order valence-electron chi connectivity index (χ1n) is 5.90. The van der Waals surface area contributed by atoms with Gasteiger partial charge in [0.1, 0.15) is 12.4 Å². The van der Waals surface area contributed by atoms with E-state index in [1.807, 2.05) is 24.3 Å². The molecule has 0 saturated heterocycles. The maximum Gasteiger partial charge on any atom is 0.119 e. The van der Waals surface area contributed by atoms with Crippen LogP contribution in [0.25, 0.3) is 0 Å². The molecule has 0 amide bonds. The van der Waals surface area contributed by atoms with E-state index in [2.05, 4.69) is 27.3 Å². The quantitative estimate of drug-likeness (QED) is 0.853. The molecule has 0 spiro atoms. The topological polar surface area (TPSA) is 45.0 Å². The van der Waals surface area contributed by atoms with Gasteiger partial charge in [0.15, 0.2) is 0 Å². The Balaban J connectivity index is 1.76. The fourth-order valence-corrected chi connectivity index (χ4v) is 1.99. The minimum Gasteiger partial charge on any atom is -0.492 e. The van der Waals surface area contributed by atoms with E-state index in [0.29, 0.717) is 12.2 Å². The van der Waals surface area contributed by atoms with Crippen molar-refractivity contribution in [3.63, 3.8) is 0 Å². The standard InChI is InChI=1S/C15H13BrN2O/c16-13-2-1-3-14(10-13)18-8-9-19-15-6-4-12(11-17)5-7-15/h1-7,10,18H,8-9H2. The van der Waals surface area contributed by atoms with Crippen molar-refractivity contribution in [2.75, 3.05) is 18.5 Å². The number of benzene rings is 2. The Hall–Kier alpha value is -1.99. The van der Waals surface area contributed by atoms with Crippen LogP contribution in [0.3, 0.4) is 0 Å². The second-order valence-corrected chi connectivity index (χ2v) is 4.84. The molecule has 2 rings (SSSR count). The lowest BCUT2D eigenvalue weighted by Gasteiger charge is -2.08. The van der Waals surface area contributed by atoms with Crippen LogP contribution >= 0.6 is 15.9 Å². The fraction of sp³-hybridized carbons (Fsp3) is 0.133. The Morgan fingerprint density at radius 1 is 1.16 bits per heavy atom. The molecule has 0 heterocycles. The molecule has 4 heteroatoms. The summed E-state index contributed by atoms with van der Waals surface area (Å²) in [6.45, 7) is 1.29. The monoisotopic (exact) mass is 316 g/mol. The molecule has 3 nitrogen and oxygen atoms in total. The van der Waals surface area contributed by atoms with E-state index in [1.165, 1.54) is 0 Å². The van der Waals surface area contributed by atoms with E-state index >= 15 is 0 Å². The number of halogens is 1. The molecule has 0 aliphatic carbocycles. The lowest BCUT2D eigenvalue weighted by molar-refractivity contribution is 0.333. The second kappa shape index (κ2) is 6.81. The second-order valence-electron chi connectivity index (χ2n) is 3.92. The van der Waals surface area contributed by atoms with E-state index in [0.717, 1.165) is 22.5 Å². The highest BCUT2D eigenvalue weighted by atomic mass is 79.9. The Morgan fingerprint density at radius 2 is 1.95 bits per heavy atom. The molecule has 0 aromatic heterocycles. The lowest BCUT2D eigenvalue weighted by atomic mass is 10.2. The number of nitriles is 1. The van der Waals surface area contributed by atoms with Crippen LogP contribution in [-0.4, -0.2) is 13.2 Å². The van der Waals surface area contributed by atoms with E-state index in [1.54, 1.807) is 24.3 Å². The summed E-state index contributed by atoms with van der Waals surface area (Å²) in [4.78, 5) is 0. The van der Waals surface area contributed by atoms with Crippen molar-refractivity contribution in [3.8, 4) is 11.8 Å². The number of nitrogens with one attached hydrogen (secondary N) is 1. The molecule has 0 aliphatic rings. The van der Waals surface area contributed by atoms with Crippen molar-refractivity contribution >= 4 is 21.6 Å². The minimum atomic E-state index is 0.568. The molecule has 0 saturated carbocycles. The van der Waals surface area contributed by atoms with Gasteiger partial charge in [-0.3, -0.25) is 0 Å². The Morgan fingerprint density at radius 3 is 2.63 bits per heavy atom. The van der Waals surface area contributed by atoms with Crippen LogP contribution < -0.4 is 10.1 Å². The van der Waals surface area contributed by atoms with E-state index < -0.39 is 0 Å². The molecule has 96 valence electrons. The number of nitrogens with zero attached hydrogens (tertiary/aromatic N) is 1. The molecule has 0 atom stereocenters. The molecular formula is C15H13BrN2O. The summed E-state index contributed by atoms with van der Waals surface area (Å²) in [6.07, 6.45) is 0. The molecule has 0 unspecified atom stereocenters. The first kappa shape index (κ1) is 13.4. The Kier molecular flexibility index (Phi) is 4.82. The molecule has 2 aromatic carbocycles. The van der Waals surface area contributed by atoms with Gasteiger partial charge >= 0.3 is 0 Å². The summed E-state index contributed by atoms with van der Waals surface area (Å²) in [5.41, 5.74) is 1.69. The molecule has 0 aliphatic heterocycles. The zero-order valence-electron chi connectivity index (χ0n) is 10.3. The van der Waals surface area contributed by atoms with Gasteiger partial charge in [-0.25, -0.2) is 0 Å². The molecule has 1 N–H and O–H groups in total. The van der Waals surface area contributed by atoms with Gasteiger partial charge in [-0.15, -0.1) is 0 Å². The molecule has 0 radical (unpaired) electrons. The highest BCUT2D eigenvalue weighted by molar-refractivity contribution is 9.10. The van der Waals surface area contributed by atoms with Crippen molar-refractivity contribution in [1.29, 1.82) is 5.26 Å². The number of anilines is 1. The van der Waals surface area contributed by atoms with Gasteiger partial charge in [-0.1, -0.05) is 22.0 Å². The van der Waals surface area contributed by atoms with Crippen molar-refractivity contribution < 1.29 is 4.74 Å². The first-order chi connectivity index (χ1) is 9.28. The summed E-state index contributed by atoms with van der Waals surface area (Å²) in [5.74, 6) is 0.773. The predicted molar refractivity (Wildman–Crippen MR) is 79.3 cm³/mol. The van der Waals surface area contributed by atoms with Crippen molar-refractivity contribution in [3.05, 3.63) is 58.6 Å². The van der Waals surface area contributed by atoms with Gasteiger partial charge in [0.25, 0.3) is 0 Å². The molecular weight excluding hydrogens is 304 g/mol. The SMILES string of the molecule is N#Cc1ccc(OCCNc2cccc(Br)c2)cc1. The van der Waals surface area contributed by atoms with Crippen molar-refractivity contribution in [1.82, 2.24) is 0 Å². The maximum atomic E-state index is 8.69. The summed E-state index contributed by atoms with van der Waals surface area (Å²) in [6, 6.07) is 17.2. The normalized spacial score (nSPS) is 9.68. The van der Waals surface area contributed by atoms with Crippen molar-refractivity contribution in [2.24, 2.45) is 0 Å². The number of ether oxygens (including phenoxy) is 1. The number of rotatable bonds is 5. The fourth-order valence-electron chi connectivity index (χ4n) is 1.59. The van der Waals surface area contributed by atoms with Crippen LogP contribution in [0.2, 0.25) is 0 Å². The van der Waals surface area contributed by atoms with Crippen LogP contribution in [0.5, 0.6) is 5.75 Å². The average Bonchev–Trinajstić information content (AvgIpc) is 2.44. The third-order valence-corrected chi connectivity index (χ3v) is 3.00. The zero-order valence-corrected chi connectivity index (χ0v) is 11.9. The van der Waals surface area contributed by atoms with E-state index in [4.69, 9.17) is 10.00 Å². The third kappa shape index (κ3) is 4.31. The largest absolute Gasteiger partial charge is 0.492 e. The average molecular weight is 317 g/mol. The summed E-state index contributed by atoms with van der Waals surface area (Å²) < 4.78 is 6.62. The highest BCUT2D eigenvalue weighted by Crippen LogP contribution is 2.15. The van der Waals surface area contributed by atoms with Gasteiger partial charge in [0.2, 0.25) is 0 Å². The maximum absolute atomic E-state index is 8.69.